The van der Waals surface area contributed by atoms with Crippen molar-refractivity contribution >= 4 is 11.8 Å². The van der Waals surface area contributed by atoms with Crippen molar-refractivity contribution in [3.8, 4) is 0 Å². The number of aliphatic hydroxyl groups is 1. The Hall–Kier alpha value is -3.55. The van der Waals surface area contributed by atoms with Crippen molar-refractivity contribution in [1.82, 2.24) is 26.4 Å². The molecular formula is C36H46F5N5O3. The molecule has 0 aromatic heterocycles. The molecule has 8 nitrogen and oxygen atoms in total. The van der Waals surface area contributed by atoms with Gasteiger partial charge in [-0.1, -0.05) is 45.2 Å². The van der Waals surface area contributed by atoms with Crippen LogP contribution in [-0.4, -0.2) is 59.2 Å². The molecule has 0 saturated heterocycles. The highest BCUT2D eigenvalue weighted by Crippen LogP contribution is 2.47. The summed E-state index contributed by atoms with van der Waals surface area (Å²) in [4.78, 5) is 27.5. The van der Waals surface area contributed by atoms with E-state index in [1.807, 2.05) is 6.92 Å². The molecule has 0 spiro atoms. The maximum absolute atomic E-state index is 14.1. The molecule has 49 heavy (non-hydrogen) atoms. The third-order valence-electron chi connectivity index (χ3n) is 9.81. The fraction of sp³-hybridized carbons (Fsp3) is 0.556. The van der Waals surface area contributed by atoms with Crippen molar-refractivity contribution in [3.05, 3.63) is 82.6 Å². The normalized spacial score (nSPS) is 21.4. The molecule has 0 radical (unpaired) electrons. The molecule has 2 aromatic carbocycles. The van der Waals surface area contributed by atoms with Gasteiger partial charge in [0.15, 0.2) is 0 Å². The molecule has 2 fully saturated rings. The number of unbranched alkanes of at least 4 members (excludes halogenated alkanes) is 3. The number of halogens is 5. The van der Waals surface area contributed by atoms with Gasteiger partial charge in [-0.15, -0.1) is 0 Å². The second-order valence-electron chi connectivity index (χ2n) is 13.5. The van der Waals surface area contributed by atoms with E-state index in [1.54, 1.807) is 17.2 Å². The number of nitrogens with one attached hydrogen (secondary N) is 4. The standard InChI is InChI=1S/C36H46F5N5O3/c1-3-5-6-7-15-42-33(49)35(24-11-12-24)21-30(45-46(35)4-2)32(48)44-29(18-23-16-27(37)20-28(38)17-23)31(47)22-43-34(13-14-34)25-9-8-10-26(19-25)36(39,40)41/h8-10,16-17,19-21,24,29,31,43,45,47H,3-7,11-15,18,22H2,1-2H3,(H,42,49)(H,44,48)/t29-,31+,35?/m0/s1. The number of hydrogen-bond acceptors (Lipinski definition) is 6. The van der Waals surface area contributed by atoms with E-state index in [0.717, 1.165) is 68.9 Å². The topological polar surface area (TPSA) is 106 Å². The minimum absolute atomic E-state index is 0.00679. The molecule has 2 saturated carbocycles. The smallest absolute Gasteiger partial charge is 0.390 e. The maximum Gasteiger partial charge on any atom is 0.416 e. The first kappa shape index (κ1) is 36.7. The lowest BCUT2D eigenvalue weighted by atomic mass is 9.90. The van der Waals surface area contributed by atoms with Gasteiger partial charge < -0.3 is 26.5 Å². The lowest BCUT2D eigenvalue weighted by Crippen LogP contribution is -2.60. The molecule has 0 bridgehead atoms. The summed E-state index contributed by atoms with van der Waals surface area (Å²) in [5, 5.41) is 22.2. The molecule has 1 aliphatic heterocycles. The molecule has 2 amide bonds. The van der Waals surface area contributed by atoms with Gasteiger partial charge in [0.1, 0.15) is 22.9 Å². The number of amides is 2. The highest BCUT2D eigenvalue weighted by Gasteiger charge is 2.57. The monoisotopic (exact) mass is 691 g/mol. The van der Waals surface area contributed by atoms with Gasteiger partial charge in [-0.25, -0.2) is 13.8 Å². The first-order chi connectivity index (χ1) is 23.3. The number of hydrogen-bond donors (Lipinski definition) is 5. The van der Waals surface area contributed by atoms with E-state index in [1.165, 1.54) is 6.07 Å². The van der Waals surface area contributed by atoms with Crippen LogP contribution in [0.15, 0.2) is 54.2 Å². The van der Waals surface area contributed by atoms with Gasteiger partial charge in [0, 0.05) is 31.2 Å². The van der Waals surface area contributed by atoms with E-state index < -0.39 is 52.5 Å². The Morgan fingerprint density at radius 1 is 1.04 bits per heavy atom. The fourth-order valence-electron chi connectivity index (χ4n) is 6.80. The SMILES string of the molecule is CCCCCCNC(=O)C1(C2CC2)C=C(C(=O)N[C@@H](Cc2cc(F)cc(F)c2)[C@H](O)CNC2(c3cccc(C(F)(F)F)c3)CC2)NN1CC. The Bertz CT molecular complexity index is 1510. The van der Waals surface area contributed by atoms with Crippen molar-refractivity contribution < 1.29 is 36.6 Å². The lowest BCUT2D eigenvalue weighted by molar-refractivity contribution is -0.137. The second kappa shape index (κ2) is 15.1. The summed E-state index contributed by atoms with van der Waals surface area (Å²) in [6, 6.07) is 6.92. The zero-order chi connectivity index (χ0) is 35.4. The number of nitrogens with zero attached hydrogens (tertiary/aromatic N) is 1. The summed E-state index contributed by atoms with van der Waals surface area (Å²) in [5.41, 5.74) is 1.20. The van der Waals surface area contributed by atoms with Crippen LogP contribution in [0.5, 0.6) is 0 Å². The number of carbonyl (C=O) groups excluding carboxylic acids is 2. The molecule has 5 rings (SSSR count). The first-order valence-electron chi connectivity index (χ1n) is 17.2. The Morgan fingerprint density at radius 2 is 1.76 bits per heavy atom. The van der Waals surface area contributed by atoms with Gasteiger partial charge in [-0.3, -0.25) is 9.59 Å². The molecule has 1 heterocycles. The number of carbonyl (C=O) groups is 2. The van der Waals surface area contributed by atoms with Crippen LogP contribution < -0.4 is 21.4 Å². The number of aliphatic hydroxyl groups excluding tert-OH is 1. The minimum Gasteiger partial charge on any atom is -0.390 e. The first-order valence-corrected chi connectivity index (χ1v) is 17.2. The maximum atomic E-state index is 14.1. The van der Waals surface area contributed by atoms with Crippen LogP contribution in [0.2, 0.25) is 0 Å². The Balaban J connectivity index is 1.34. The second-order valence-corrected chi connectivity index (χ2v) is 13.5. The van der Waals surface area contributed by atoms with E-state index in [9.17, 15) is 36.6 Å². The number of alkyl halides is 3. The zero-order valence-corrected chi connectivity index (χ0v) is 27.9. The molecule has 2 aromatic rings. The third-order valence-corrected chi connectivity index (χ3v) is 9.81. The molecular weight excluding hydrogens is 645 g/mol. The van der Waals surface area contributed by atoms with E-state index in [0.29, 0.717) is 31.5 Å². The average Bonchev–Trinajstić information content (AvgIpc) is 4.00. The van der Waals surface area contributed by atoms with E-state index >= 15 is 0 Å². The highest BCUT2D eigenvalue weighted by atomic mass is 19.4. The molecule has 13 heteroatoms. The van der Waals surface area contributed by atoms with Crippen LogP contribution in [0.25, 0.3) is 0 Å². The number of likely N-dealkylation sites (N-methyl/N-ethyl adjacent to an activating group) is 1. The largest absolute Gasteiger partial charge is 0.416 e. The van der Waals surface area contributed by atoms with Crippen molar-refractivity contribution in [1.29, 1.82) is 0 Å². The fourth-order valence-corrected chi connectivity index (χ4v) is 6.80. The highest BCUT2D eigenvalue weighted by molar-refractivity contribution is 5.98. The van der Waals surface area contributed by atoms with Gasteiger partial charge in [0.05, 0.1) is 17.7 Å². The van der Waals surface area contributed by atoms with Crippen molar-refractivity contribution in [2.24, 2.45) is 5.92 Å². The lowest BCUT2D eigenvalue weighted by Gasteiger charge is -2.35. The number of hydrazine groups is 1. The van der Waals surface area contributed by atoms with Gasteiger partial charge in [0.2, 0.25) is 5.91 Å². The van der Waals surface area contributed by atoms with E-state index in [-0.39, 0.29) is 36.1 Å². The summed E-state index contributed by atoms with van der Waals surface area (Å²) in [6.07, 6.45) is 2.41. The quantitative estimate of drug-likeness (QED) is 0.115. The van der Waals surface area contributed by atoms with Gasteiger partial charge in [0.25, 0.3) is 5.91 Å². The number of rotatable bonds is 17. The van der Waals surface area contributed by atoms with Crippen molar-refractivity contribution in [2.75, 3.05) is 19.6 Å². The molecule has 2 aliphatic carbocycles. The summed E-state index contributed by atoms with van der Waals surface area (Å²) in [5.74, 6) is -2.43. The Morgan fingerprint density at radius 3 is 2.37 bits per heavy atom. The van der Waals surface area contributed by atoms with Crippen LogP contribution in [-0.2, 0) is 27.7 Å². The molecule has 268 valence electrons. The summed E-state index contributed by atoms with van der Waals surface area (Å²) in [6.45, 7) is 4.81. The molecule has 1 unspecified atom stereocenters. The minimum atomic E-state index is -4.51. The van der Waals surface area contributed by atoms with E-state index in [2.05, 4.69) is 28.3 Å². The predicted octanol–water partition coefficient (Wildman–Crippen LogP) is 5.22. The van der Waals surface area contributed by atoms with Gasteiger partial charge in [-0.2, -0.15) is 13.2 Å². The Labute approximate surface area is 283 Å². The van der Waals surface area contributed by atoms with Crippen LogP contribution in [0, 0.1) is 17.6 Å². The van der Waals surface area contributed by atoms with Crippen LogP contribution >= 0.6 is 0 Å². The van der Waals surface area contributed by atoms with Gasteiger partial charge in [-0.05, 0) is 85.9 Å². The van der Waals surface area contributed by atoms with Crippen molar-refractivity contribution in [3.63, 3.8) is 0 Å². The van der Waals surface area contributed by atoms with Gasteiger partial charge >= 0.3 is 6.18 Å². The van der Waals surface area contributed by atoms with Crippen LogP contribution in [0.1, 0.15) is 81.9 Å². The molecule has 3 atom stereocenters. The predicted molar refractivity (Wildman–Crippen MR) is 175 cm³/mol. The number of benzene rings is 2. The van der Waals surface area contributed by atoms with E-state index in [4.69, 9.17) is 0 Å². The Kier molecular flexibility index (Phi) is 11.3. The van der Waals surface area contributed by atoms with Crippen LogP contribution in [0.4, 0.5) is 22.0 Å². The average molecular weight is 692 g/mol. The summed E-state index contributed by atoms with van der Waals surface area (Å²) >= 11 is 0. The molecule has 5 N–H and O–H groups in total. The third kappa shape index (κ3) is 8.61. The summed E-state index contributed by atoms with van der Waals surface area (Å²) in [7, 11) is 0. The van der Waals surface area contributed by atoms with Crippen molar-refractivity contribution in [2.45, 2.75) is 101 Å². The zero-order valence-electron chi connectivity index (χ0n) is 27.9. The summed E-state index contributed by atoms with van der Waals surface area (Å²) < 4.78 is 68.5. The molecule has 3 aliphatic rings. The van der Waals surface area contributed by atoms with Crippen LogP contribution in [0.3, 0.4) is 0 Å².